The molecular formula is C17H24N4O2. The van der Waals surface area contributed by atoms with Crippen LogP contribution >= 0.6 is 0 Å². The zero-order valence-corrected chi connectivity index (χ0v) is 13.9. The molecule has 0 unspecified atom stereocenters. The van der Waals surface area contributed by atoms with Crippen molar-refractivity contribution in [2.24, 2.45) is 0 Å². The molecule has 2 fully saturated rings. The van der Waals surface area contributed by atoms with E-state index in [1.165, 1.54) is 17.7 Å². The molecule has 1 aromatic heterocycles. The molecule has 0 radical (unpaired) electrons. The average Bonchev–Trinajstić information content (AvgIpc) is 3.08. The minimum atomic E-state index is -0.0637. The molecule has 0 aromatic carbocycles. The summed E-state index contributed by atoms with van der Waals surface area (Å²) in [7, 11) is 3.44. The molecule has 6 heteroatoms. The molecule has 1 aliphatic heterocycles. The highest BCUT2D eigenvalue weighted by Gasteiger charge is 2.31. The van der Waals surface area contributed by atoms with Gasteiger partial charge in [0.1, 0.15) is 5.82 Å². The normalized spacial score (nSPS) is 19.3. The summed E-state index contributed by atoms with van der Waals surface area (Å²) < 4.78 is 0. The average molecular weight is 316 g/mol. The number of pyridine rings is 1. The molecule has 1 saturated heterocycles. The van der Waals surface area contributed by atoms with Crippen LogP contribution in [0.15, 0.2) is 18.3 Å². The summed E-state index contributed by atoms with van der Waals surface area (Å²) in [6, 6.07) is 4.05. The second kappa shape index (κ2) is 6.56. The Morgan fingerprint density at radius 1 is 1.22 bits per heavy atom. The van der Waals surface area contributed by atoms with Crippen LogP contribution < -0.4 is 4.90 Å². The molecule has 2 heterocycles. The number of rotatable bonds is 3. The monoisotopic (exact) mass is 316 g/mol. The molecular weight excluding hydrogens is 292 g/mol. The third kappa shape index (κ3) is 3.30. The lowest BCUT2D eigenvalue weighted by molar-refractivity contribution is -0.133. The van der Waals surface area contributed by atoms with E-state index >= 15 is 0 Å². The Hall–Kier alpha value is -2.11. The van der Waals surface area contributed by atoms with Gasteiger partial charge in [-0.3, -0.25) is 9.59 Å². The number of hydrogen-bond donors (Lipinski definition) is 0. The van der Waals surface area contributed by atoms with Crippen LogP contribution in [-0.4, -0.2) is 66.4 Å². The number of piperazine rings is 1. The van der Waals surface area contributed by atoms with Crippen molar-refractivity contribution in [3.8, 4) is 0 Å². The van der Waals surface area contributed by atoms with E-state index in [2.05, 4.69) is 4.98 Å². The van der Waals surface area contributed by atoms with Gasteiger partial charge >= 0.3 is 0 Å². The number of carbonyl (C=O) groups is 2. The van der Waals surface area contributed by atoms with E-state index in [1.54, 1.807) is 26.4 Å². The van der Waals surface area contributed by atoms with Gasteiger partial charge in [-0.1, -0.05) is 12.8 Å². The van der Waals surface area contributed by atoms with Crippen LogP contribution in [0.25, 0.3) is 0 Å². The van der Waals surface area contributed by atoms with Gasteiger partial charge in [0, 0.05) is 39.4 Å². The molecule has 124 valence electrons. The Morgan fingerprint density at radius 3 is 2.52 bits per heavy atom. The van der Waals surface area contributed by atoms with Crippen LogP contribution in [0, 0.1) is 0 Å². The lowest BCUT2D eigenvalue weighted by Gasteiger charge is -2.38. The van der Waals surface area contributed by atoms with Crippen LogP contribution in [0.4, 0.5) is 5.82 Å². The van der Waals surface area contributed by atoms with E-state index in [0.29, 0.717) is 18.2 Å². The molecule has 6 nitrogen and oxygen atoms in total. The van der Waals surface area contributed by atoms with Gasteiger partial charge in [0.2, 0.25) is 5.91 Å². The summed E-state index contributed by atoms with van der Waals surface area (Å²) in [6.07, 6.45) is 6.35. The first kappa shape index (κ1) is 15.8. The summed E-state index contributed by atoms with van der Waals surface area (Å²) in [5.74, 6) is 0.893. The van der Waals surface area contributed by atoms with E-state index < -0.39 is 0 Å². The molecule has 3 rings (SSSR count). The molecule has 2 aliphatic rings. The lowest BCUT2D eigenvalue weighted by atomic mass is 10.1. The molecule has 2 amide bonds. The van der Waals surface area contributed by atoms with Gasteiger partial charge in [0.15, 0.2) is 0 Å². The predicted octanol–water partition coefficient (Wildman–Crippen LogP) is 1.37. The number of hydrogen-bond acceptors (Lipinski definition) is 4. The molecule has 1 aliphatic carbocycles. The number of amides is 2. The maximum Gasteiger partial charge on any atom is 0.254 e. The maximum atomic E-state index is 12.4. The largest absolute Gasteiger partial charge is 0.346 e. The molecule has 0 spiro atoms. The topological polar surface area (TPSA) is 56.8 Å². The third-order valence-corrected chi connectivity index (χ3v) is 4.75. The highest BCUT2D eigenvalue weighted by atomic mass is 16.2. The second-order valence-electron chi connectivity index (χ2n) is 6.55. The number of aromatic nitrogens is 1. The van der Waals surface area contributed by atoms with Gasteiger partial charge in [-0.25, -0.2) is 4.98 Å². The first-order chi connectivity index (χ1) is 11.1. The third-order valence-electron chi connectivity index (χ3n) is 4.75. The van der Waals surface area contributed by atoms with E-state index in [-0.39, 0.29) is 11.8 Å². The first-order valence-corrected chi connectivity index (χ1v) is 8.28. The minimum Gasteiger partial charge on any atom is -0.346 e. The van der Waals surface area contributed by atoms with E-state index in [1.807, 2.05) is 15.9 Å². The SMILES string of the molecule is CN(C)C(=O)c1ccc(N2CCN(C3CCCC3)C(=O)C2)nc1. The van der Waals surface area contributed by atoms with Crippen molar-refractivity contribution in [2.75, 3.05) is 38.6 Å². The highest BCUT2D eigenvalue weighted by Crippen LogP contribution is 2.25. The lowest BCUT2D eigenvalue weighted by Crippen LogP contribution is -2.53. The van der Waals surface area contributed by atoms with Crippen molar-refractivity contribution in [3.63, 3.8) is 0 Å². The van der Waals surface area contributed by atoms with E-state index in [9.17, 15) is 9.59 Å². The van der Waals surface area contributed by atoms with Gasteiger partial charge in [-0.2, -0.15) is 0 Å². The smallest absolute Gasteiger partial charge is 0.254 e. The summed E-state index contributed by atoms with van der Waals surface area (Å²) in [4.78, 5) is 34.3. The fourth-order valence-electron chi connectivity index (χ4n) is 3.44. The van der Waals surface area contributed by atoms with Crippen LogP contribution in [0.3, 0.4) is 0 Å². The van der Waals surface area contributed by atoms with Gasteiger partial charge in [0.25, 0.3) is 5.91 Å². The predicted molar refractivity (Wildman–Crippen MR) is 88.4 cm³/mol. The molecule has 0 bridgehead atoms. The molecule has 0 atom stereocenters. The fraction of sp³-hybridized carbons (Fsp3) is 0.588. The fourth-order valence-corrected chi connectivity index (χ4v) is 3.44. The summed E-state index contributed by atoms with van der Waals surface area (Å²) in [6.45, 7) is 1.95. The Labute approximate surface area is 137 Å². The molecule has 1 saturated carbocycles. The Kier molecular flexibility index (Phi) is 4.50. The van der Waals surface area contributed by atoms with Crippen molar-refractivity contribution in [1.29, 1.82) is 0 Å². The summed E-state index contributed by atoms with van der Waals surface area (Å²) in [5, 5.41) is 0. The standard InChI is InChI=1S/C17H24N4O2/c1-19(2)17(23)13-7-8-15(18-11-13)20-9-10-21(16(22)12-20)14-5-3-4-6-14/h7-8,11,14H,3-6,9-10,12H2,1-2H3. The van der Waals surface area contributed by atoms with Crippen molar-refractivity contribution in [1.82, 2.24) is 14.8 Å². The number of anilines is 1. The van der Waals surface area contributed by atoms with Crippen molar-refractivity contribution in [3.05, 3.63) is 23.9 Å². The highest BCUT2D eigenvalue weighted by molar-refractivity contribution is 5.93. The Bertz CT molecular complexity index is 579. The Morgan fingerprint density at radius 2 is 1.96 bits per heavy atom. The van der Waals surface area contributed by atoms with E-state index in [4.69, 9.17) is 0 Å². The second-order valence-corrected chi connectivity index (χ2v) is 6.55. The molecule has 1 aromatic rings. The number of carbonyl (C=O) groups excluding carboxylic acids is 2. The van der Waals surface area contributed by atoms with Crippen molar-refractivity contribution >= 4 is 17.6 Å². The van der Waals surface area contributed by atoms with Gasteiger partial charge in [-0.15, -0.1) is 0 Å². The zero-order chi connectivity index (χ0) is 16.4. The zero-order valence-electron chi connectivity index (χ0n) is 13.9. The molecule has 0 N–H and O–H groups in total. The first-order valence-electron chi connectivity index (χ1n) is 8.28. The van der Waals surface area contributed by atoms with Gasteiger partial charge in [0.05, 0.1) is 12.1 Å². The van der Waals surface area contributed by atoms with Crippen molar-refractivity contribution < 1.29 is 9.59 Å². The van der Waals surface area contributed by atoms with Gasteiger partial charge in [-0.05, 0) is 25.0 Å². The van der Waals surface area contributed by atoms with Crippen LogP contribution in [0.1, 0.15) is 36.0 Å². The van der Waals surface area contributed by atoms with E-state index in [0.717, 1.165) is 31.7 Å². The summed E-state index contributed by atoms with van der Waals surface area (Å²) >= 11 is 0. The molecule has 23 heavy (non-hydrogen) atoms. The van der Waals surface area contributed by atoms with Gasteiger partial charge < -0.3 is 14.7 Å². The minimum absolute atomic E-state index is 0.0637. The maximum absolute atomic E-state index is 12.4. The quantitative estimate of drug-likeness (QED) is 0.845. The van der Waals surface area contributed by atoms with Crippen LogP contribution in [0.2, 0.25) is 0 Å². The summed E-state index contributed by atoms with van der Waals surface area (Å²) in [5.41, 5.74) is 0.565. The number of nitrogens with zero attached hydrogens (tertiary/aromatic N) is 4. The van der Waals surface area contributed by atoms with Crippen molar-refractivity contribution in [2.45, 2.75) is 31.7 Å². The Balaban J connectivity index is 1.64. The van der Waals surface area contributed by atoms with Crippen LogP contribution in [-0.2, 0) is 4.79 Å². The van der Waals surface area contributed by atoms with Crippen LogP contribution in [0.5, 0.6) is 0 Å².